The second kappa shape index (κ2) is 8.13. The largest absolute Gasteiger partial charge is 0.435 e. The Morgan fingerprint density at radius 1 is 0.935 bits per heavy atom. The Balaban J connectivity index is 1.92. The monoisotopic (exact) mass is 468 g/mol. The molecule has 1 amide bonds. The number of thiazole rings is 1. The van der Waals surface area contributed by atoms with Crippen molar-refractivity contribution >= 4 is 22.9 Å². The van der Waals surface area contributed by atoms with Crippen LogP contribution >= 0.6 is 11.3 Å². The van der Waals surface area contributed by atoms with Gasteiger partial charge in [-0.3, -0.25) is 4.79 Å². The van der Waals surface area contributed by atoms with Gasteiger partial charge in [0.05, 0.1) is 5.56 Å². The van der Waals surface area contributed by atoms with Gasteiger partial charge in [0.15, 0.2) is 5.69 Å². The van der Waals surface area contributed by atoms with Gasteiger partial charge >= 0.3 is 12.4 Å². The molecule has 0 aliphatic heterocycles. The second-order valence-electron chi connectivity index (χ2n) is 5.90. The number of carbonyl (C=O) groups excluding carboxylic acids is 1. The number of alkyl halides is 6. The molecular weight excluding hydrogens is 460 g/mol. The van der Waals surface area contributed by atoms with Crippen LogP contribution in [0, 0.1) is 11.6 Å². The highest BCUT2D eigenvalue weighted by atomic mass is 32.1. The summed E-state index contributed by atoms with van der Waals surface area (Å²) in [5.74, 6) is -4.02. The van der Waals surface area contributed by atoms with E-state index in [9.17, 15) is 39.9 Å². The molecule has 1 heterocycles. The highest BCUT2D eigenvalue weighted by Gasteiger charge is 2.40. The summed E-state index contributed by atoms with van der Waals surface area (Å²) < 4.78 is 110. The molecule has 0 saturated heterocycles. The fourth-order valence-corrected chi connectivity index (χ4v) is 3.19. The summed E-state index contributed by atoms with van der Waals surface area (Å²) in [4.78, 5) is 14.4. The summed E-state index contributed by atoms with van der Waals surface area (Å²) in [5.41, 5.74) is -3.23. The molecule has 0 atom stereocenters. The van der Waals surface area contributed by atoms with Crippen molar-refractivity contribution in [3.63, 3.8) is 0 Å². The Hall–Kier alpha value is -3.22. The third-order valence-electron chi connectivity index (χ3n) is 3.57. The predicted octanol–water partition coefficient (Wildman–Crippen LogP) is 6.50. The first kappa shape index (κ1) is 22.5. The first-order valence-corrected chi connectivity index (χ1v) is 8.85. The van der Waals surface area contributed by atoms with Crippen molar-refractivity contribution < 1.29 is 44.7 Å². The van der Waals surface area contributed by atoms with Crippen molar-refractivity contribution in [1.29, 1.82) is 0 Å². The zero-order valence-corrected chi connectivity index (χ0v) is 15.6. The summed E-state index contributed by atoms with van der Waals surface area (Å²) in [5, 5.41) is 1.14. The number of carbonyl (C=O) groups is 1. The van der Waals surface area contributed by atoms with Gasteiger partial charge in [0, 0.05) is 11.8 Å². The number of hydrogen-bond donors (Lipinski definition) is 1. The minimum Gasteiger partial charge on any atom is -0.431 e. The number of nitrogens with one attached hydrogen (secondary N) is 1. The van der Waals surface area contributed by atoms with E-state index in [1.54, 1.807) is 0 Å². The van der Waals surface area contributed by atoms with Crippen molar-refractivity contribution in [1.82, 2.24) is 4.98 Å². The Labute approximate surface area is 172 Å². The van der Waals surface area contributed by atoms with Gasteiger partial charge in [-0.25, -0.2) is 8.78 Å². The zero-order valence-electron chi connectivity index (χ0n) is 14.7. The summed E-state index contributed by atoms with van der Waals surface area (Å²) >= 11 is 0.0962. The molecule has 0 unspecified atom stereocenters. The Bertz CT molecular complexity index is 1100. The maximum absolute atomic E-state index is 13.3. The number of benzene rings is 2. The van der Waals surface area contributed by atoms with E-state index in [1.807, 2.05) is 5.32 Å². The number of hydrogen-bond acceptors (Lipinski definition) is 4. The van der Waals surface area contributed by atoms with Crippen LogP contribution in [-0.4, -0.2) is 10.9 Å². The topological polar surface area (TPSA) is 51.2 Å². The normalized spacial score (nSPS) is 12.0. The third-order valence-corrected chi connectivity index (χ3v) is 4.50. The van der Waals surface area contributed by atoms with Gasteiger partial charge in [0.1, 0.15) is 22.3 Å². The molecule has 4 nitrogen and oxygen atoms in total. The molecule has 3 rings (SSSR count). The molecule has 0 radical (unpaired) electrons. The number of nitrogens with zero attached hydrogens (tertiary/aromatic N) is 1. The second-order valence-corrected chi connectivity index (χ2v) is 6.86. The van der Waals surface area contributed by atoms with Crippen LogP contribution in [0.3, 0.4) is 0 Å². The van der Waals surface area contributed by atoms with Crippen molar-refractivity contribution in [2.45, 2.75) is 12.4 Å². The molecule has 1 N–H and O–H groups in total. The van der Waals surface area contributed by atoms with Crippen LogP contribution in [0.25, 0.3) is 0 Å². The summed E-state index contributed by atoms with van der Waals surface area (Å²) in [6.07, 6.45) is -9.84. The molecule has 0 aliphatic carbocycles. The number of rotatable bonds is 4. The van der Waals surface area contributed by atoms with Crippen LogP contribution in [0.2, 0.25) is 0 Å². The lowest BCUT2D eigenvalue weighted by Crippen LogP contribution is -2.17. The number of ether oxygens (including phenoxy) is 1. The van der Waals surface area contributed by atoms with Crippen LogP contribution in [-0.2, 0) is 12.4 Å². The third kappa shape index (κ3) is 5.48. The standard InChI is InChI=1S/C18H8F8N2O2S/c19-9-5-10(20)7-11(6-9)27-15(29)13-14(18(24,25)26)28-16(31-13)30-12-3-1-2-8(4-12)17(21,22)23/h1-7H,(H,27,29). The number of anilines is 1. The molecule has 13 heteroatoms. The highest BCUT2D eigenvalue weighted by molar-refractivity contribution is 7.15. The average Bonchev–Trinajstić information content (AvgIpc) is 3.05. The van der Waals surface area contributed by atoms with E-state index in [4.69, 9.17) is 4.74 Å². The lowest BCUT2D eigenvalue weighted by atomic mass is 10.2. The van der Waals surface area contributed by atoms with Crippen LogP contribution in [0.1, 0.15) is 20.9 Å². The molecule has 3 aromatic rings. The molecular formula is C18H8F8N2O2S. The van der Waals surface area contributed by atoms with Crippen LogP contribution in [0.15, 0.2) is 42.5 Å². The molecule has 0 bridgehead atoms. The molecule has 0 saturated carbocycles. The van der Waals surface area contributed by atoms with Crippen LogP contribution < -0.4 is 10.1 Å². The maximum atomic E-state index is 13.3. The smallest absolute Gasteiger partial charge is 0.431 e. The van der Waals surface area contributed by atoms with Gasteiger partial charge in [-0.1, -0.05) is 17.4 Å². The molecule has 0 aliphatic rings. The van der Waals surface area contributed by atoms with E-state index >= 15 is 0 Å². The minimum absolute atomic E-state index is 0.0962. The lowest BCUT2D eigenvalue weighted by molar-refractivity contribution is -0.141. The van der Waals surface area contributed by atoms with E-state index in [1.165, 1.54) is 0 Å². The van der Waals surface area contributed by atoms with Gasteiger partial charge in [-0.15, -0.1) is 0 Å². The van der Waals surface area contributed by atoms with Gasteiger partial charge in [-0.05, 0) is 30.3 Å². The fourth-order valence-electron chi connectivity index (χ4n) is 2.34. The first-order valence-electron chi connectivity index (χ1n) is 8.03. The van der Waals surface area contributed by atoms with Gasteiger partial charge < -0.3 is 10.1 Å². The number of aromatic nitrogens is 1. The highest BCUT2D eigenvalue weighted by Crippen LogP contribution is 2.39. The van der Waals surface area contributed by atoms with E-state index < -0.39 is 62.7 Å². The van der Waals surface area contributed by atoms with Gasteiger partial charge in [-0.2, -0.15) is 31.3 Å². The quantitative estimate of drug-likeness (QED) is 0.445. The average molecular weight is 468 g/mol. The Kier molecular flexibility index (Phi) is 5.89. The van der Waals surface area contributed by atoms with Crippen molar-refractivity contribution in [3.8, 4) is 10.9 Å². The molecule has 164 valence electrons. The molecule has 1 aromatic heterocycles. The molecule has 2 aromatic carbocycles. The predicted molar refractivity (Wildman–Crippen MR) is 92.9 cm³/mol. The van der Waals surface area contributed by atoms with Crippen LogP contribution in [0.4, 0.5) is 40.8 Å². The van der Waals surface area contributed by atoms with E-state index in [0.717, 1.165) is 18.2 Å². The van der Waals surface area contributed by atoms with E-state index in [2.05, 4.69) is 4.98 Å². The number of halogens is 8. The van der Waals surface area contributed by atoms with E-state index in [-0.39, 0.29) is 11.3 Å². The van der Waals surface area contributed by atoms with Gasteiger partial charge in [0.25, 0.3) is 11.1 Å². The zero-order chi connectivity index (χ0) is 23.0. The van der Waals surface area contributed by atoms with Crippen molar-refractivity contribution in [2.24, 2.45) is 0 Å². The molecule has 31 heavy (non-hydrogen) atoms. The number of amides is 1. The molecule has 0 fully saturated rings. The Morgan fingerprint density at radius 3 is 2.16 bits per heavy atom. The maximum Gasteiger partial charge on any atom is 0.435 e. The van der Waals surface area contributed by atoms with Crippen molar-refractivity contribution in [2.75, 3.05) is 5.32 Å². The van der Waals surface area contributed by atoms with Gasteiger partial charge in [0.2, 0.25) is 0 Å². The fraction of sp³-hybridized carbons (Fsp3) is 0.111. The minimum atomic E-state index is -5.12. The summed E-state index contributed by atoms with van der Waals surface area (Å²) in [6, 6.07) is 5.15. The van der Waals surface area contributed by atoms with Crippen LogP contribution in [0.5, 0.6) is 10.9 Å². The SMILES string of the molecule is O=C(Nc1cc(F)cc(F)c1)c1sc(Oc2cccc(C(F)(F)F)c2)nc1C(F)(F)F. The van der Waals surface area contributed by atoms with E-state index in [0.29, 0.717) is 24.3 Å². The lowest BCUT2D eigenvalue weighted by Gasteiger charge is -2.08. The van der Waals surface area contributed by atoms with Crippen molar-refractivity contribution in [3.05, 3.63) is 70.2 Å². The summed E-state index contributed by atoms with van der Waals surface area (Å²) in [6.45, 7) is 0. The Morgan fingerprint density at radius 2 is 1.58 bits per heavy atom. The first-order chi connectivity index (χ1) is 14.3. The summed E-state index contributed by atoms with van der Waals surface area (Å²) in [7, 11) is 0. The molecule has 0 spiro atoms.